The lowest BCUT2D eigenvalue weighted by atomic mass is 10.1. The van der Waals surface area contributed by atoms with Gasteiger partial charge in [0.15, 0.2) is 0 Å². The third-order valence-corrected chi connectivity index (χ3v) is 3.32. The van der Waals surface area contributed by atoms with Crippen LogP contribution in [0.15, 0.2) is 42.5 Å². The predicted molar refractivity (Wildman–Crippen MR) is 82.7 cm³/mol. The molecule has 0 heterocycles. The number of carbonyl (C=O) groups excluding carboxylic acids is 1. The molecule has 1 unspecified atom stereocenters. The summed E-state index contributed by atoms with van der Waals surface area (Å²) in [4.78, 5) is 11.7. The number of urea groups is 1. The zero-order valence-corrected chi connectivity index (χ0v) is 12.6. The maximum Gasteiger partial charge on any atom is 0.315 e. The number of aliphatic hydroxyl groups excluding tert-OH is 1. The largest absolute Gasteiger partial charge is 0.387 e. The Labute approximate surface area is 137 Å². The highest BCUT2D eigenvalue weighted by Gasteiger charge is 2.10. The molecule has 7 heteroatoms. The molecule has 0 saturated carbocycles. The molecule has 2 aromatic rings. The minimum Gasteiger partial charge on any atom is -0.387 e. The van der Waals surface area contributed by atoms with Crippen LogP contribution in [0.25, 0.3) is 0 Å². The van der Waals surface area contributed by atoms with E-state index >= 15 is 0 Å². The van der Waals surface area contributed by atoms with E-state index in [1.807, 2.05) is 6.07 Å². The summed E-state index contributed by atoms with van der Waals surface area (Å²) in [6.45, 7) is -0.183. The van der Waals surface area contributed by atoms with Gasteiger partial charge < -0.3 is 15.7 Å². The molecule has 2 rings (SSSR count). The van der Waals surface area contributed by atoms with E-state index in [1.165, 1.54) is 36.4 Å². The topological polar surface area (TPSA) is 85.2 Å². The molecular weight excluding hydrogens is 316 g/mol. The predicted octanol–water partition coefficient (Wildman–Crippen LogP) is 2.37. The van der Waals surface area contributed by atoms with Crippen LogP contribution in [0.2, 0.25) is 0 Å². The van der Waals surface area contributed by atoms with Gasteiger partial charge in [0.1, 0.15) is 11.6 Å². The number of rotatable bonds is 5. The highest BCUT2D eigenvalue weighted by Crippen LogP contribution is 2.12. The quantitative estimate of drug-likeness (QED) is 0.786. The van der Waals surface area contributed by atoms with Gasteiger partial charge in [0.25, 0.3) is 0 Å². The standard InChI is InChI=1S/C17H15F2N3O2/c18-14-4-2-12(3-5-14)16(23)10-22-17(24)21-9-13-7-11(8-20)1-6-15(13)19/h1-7,16,23H,9-10H2,(H2,21,22,24). The summed E-state index contributed by atoms with van der Waals surface area (Å²) in [6, 6.07) is 10.4. The first-order chi connectivity index (χ1) is 11.5. The van der Waals surface area contributed by atoms with Crippen LogP contribution < -0.4 is 10.6 Å². The molecular formula is C17H15F2N3O2. The van der Waals surface area contributed by atoms with E-state index in [0.717, 1.165) is 6.07 Å². The summed E-state index contributed by atoms with van der Waals surface area (Å²) in [5.74, 6) is -0.945. The summed E-state index contributed by atoms with van der Waals surface area (Å²) in [7, 11) is 0. The number of nitrogens with zero attached hydrogens (tertiary/aromatic N) is 1. The lowest BCUT2D eigenvalue weighted by Crippen LogP contribution is -2.37. The molecule has 0 aliphatic heterocycles. The Morgan fingerprint density at radius 1 is 1.17 bits per heavy atom. The molecule has 5 nitrogen and oxygen atoms in total. The van der Waals surface area contributed by atoms with Crippen LogP contribution in [0.4, 0.5) is 13.6 Å². The van der Waals surface area contributed by atoms with E-state index in [4.69, 9.17) is 5.26 Å². The number of hydrogen-bond donors (Lipinski definition) is 3. The average Bonchev–Trinajstić information content (AvgIpc) is 2.59. The van der Waals surface area contributed by atoms with Crippen molar-refractivity contribution in [2.75, 3.05) is 6.54 Å². The van der Waals surface area contributed by atoms with E-state index in [2.05, 4.69) is 10.6 Å². The third-order valence-electron chi connectivity index (χ3n) is 3.32. The molecule has 0 bridgehead atoms. The van der Waals surface area contributed by atoms with E-state index < -0.39 is 23.8 Å². The van der Waals surface area contributed by atoms with Crippen LogP contribution in [0.3, 0.4) is 0 Å². The molecule has 124 valence electrons. The highest BCUT2D eigenvalue weighted by atomic mass is 19.1. The van der Waals surface area contributed by atoms with Gasteiger partial charge >= 0.3 is 6.03 Å². The number of nitriles is 1. The second-order valence-corrected chi connectivity index (χ2v) is 5.05. The van der Waals surface area contributed by atoms with Gasteiger partial charge in [-0.05, 0) is 35.9 Å². The first kappa shape index (κ1) is 17.4. The Kier molecular flexibility index (Phi) is 5.82. The van der Waals surface area contributed by atoms with Crippen molar-refractivity contribution in [3.63, 3.8) is 0 Å². The lowest BCUT2D eigenvalue weighted by molar-refractivity contribution is 0.173. The number of halogens is 2. The molecule has 0 spiro atoms. The van der Waals surface area contributed by atoms with Crippen LogP contribution in [0, 0.1) is 23.0 Å². The number of hydrogen-bond acceptors (Lipinski definition) is 3. The van der Waals surface area contributed by atoms with Crippen molar-refractivity contribution < 1.29 is 18.7 Å². The zero-order chi connectivity index (χ0) is 17.5. The molecule has 3 N–H and O–H groups in total. The Bertz CT molecular complexity index is 757. The number of nitrogens with one attached hydrogen (secondary N) is 2. The third kappa shape index (κ3) is 4.76. The van der Waals surface area contributed by atoms with Gasteiger partial charge in [0.05, 0.1) is 17.7 Å². The summed E-state index contributed by atoms with van der Waals surface area (Å²) in [5, 5.41) is 23.5. The fourth-order valence-corrected chi connectivity index (χ4v) is 2.01. The van der Waals surface area contributed by atoms with Gasteiger partial charge in [-0.2, -0.15) is 5.26 Å². The summed E-state index contributed by atoms with van der Waals surface area (Å²) in [5.41, 5.74) is 0.938. The molecule has 0 aliphatic rings. The van der Waals surface area contributed by atoms with Crippen molar-refractivity contribution in [1.82, 2.24) is 10.6 Å². The van der Waals surface area contributed by atoms with Crippen molar-refractivity contribution in [3.8, 4) is 6.07 Å². The van der Waals surface area contributed by atoms with Crippen molar-refractivity contribution in [2.24, 2.45) is 0 Å². The van der Waals surface area contributed by atoms with E-state index in [-0.39, 0.29) is 18.7 Å². The molecule has 0 aliphatic carbocycles. The molecule has 24 heavy (non-hydrogen) atoms. The second-order valence-electron chi connectivity index (χ2n) is 5.05. The number of benzene rings is 2. The molecule has 2 aromatic carbocycles. The Balaban J connectivity index is 1.83. The number of carbonyl (C=O) groups is 1. The van der Waals surface area contributed by atoms with Crippen LogP contribution in [0.5, 0.6) is 0 Å². The summed E-state index contributed by atoms with van der Waals surface area (Å²) >= 11 is 0. The Hall–Kier alpha value is -2.98. The molecule has 2 amide bonds. The molecule has 0 radical (unpaired) electrons. The summed E-state index contributed by atoms with van der Waals surface area (Å²) in [6.07, 6.45) is -0.991. The first-order valence-electron chi connectivity index (χ1n) is 7.13. The smallest absolute Gasteiger partial charge is 0.315 e. The molecule has 0 aromatic heterocycles. The van der Waals surface area contributed by atoms with Gasteiger partial charge in [-0.15, -0.1) is 0 Å². The maximum absolute atomic E-state index is 13.6. The van der Waals surface area contributed by atoms with Crippen LogP contribution in [0.1, 0.15) is 22.8 Å². The molecule has 0 saturated heterocycles. The fourth-order valence-electron chi connectivity index (χ4n) is 2.01. The van der Waals surface area contributed by atoms with Crippen LogP contribution >= 0.6 is 0 Å². The monoisotopic (exact) mass is 331 g/mol. The zero-order valence-electron chi connectivity index (χ0n) is 12.6. The van der Waals surface area contributed by atoms with Crippen molar-refractivity contribution in [2.45, 2.75) is 12.6 Å². The van der Waals surface area contributed by atoms with Crippen molar-refractivity contribution in [3.05, 3.63) is 70.8 Å². The highest BCUT2D eigenvalue weighted by molar-refractivity contribution is 5.73. The van der Waals surface area contributed by atoms with Gasteiger partial charge in [-0.3, -0.25) is 0 Å². The van der Waals surface area contributed by atoms with Crippen molar-refractivity contribution >= 4 is 6.03 Å². The maximum atomic E-state index is 13.6. The van der Waals surface area contributed by atoms with E-state index in [9.17, 15) is 18.7 Å². The minimum absolute atomic E-state index is 0.0851. The SMILES string of the molecule is N#Cc1ccc(F)c(CNC(=O)NCC(O)c2ccc(F)cc2)c1. The molecule has 1 atom stereocenters. The van der Waals surface area contributed by atoms with Crippen LogP contribution in [-0.2, 0) is 6.54 Å². The van der Waals surface area contributed by atoms with Gasteiger partial charge in [0.2, 0.25) is 0 Å². The van der Waals surface area contributed by atoms with E-state index in [1.54, 1.807) is 0 Å². The van der Waals surface area contributed by atoms with E-state index in [0.29, 0.717) is 11.1 Å². The number of amides is 2. The van der Waals surface area contributed by atoms with Gasteiger partial charge in [0, 0.05) is 18.7 Å². The second kappa shape index (κ2) is 8.04. The fraction of sp³-hybridized carbons (Fsp3) is 0.176. The lowest BCUT2D eigenvalue weighted by Gasteiger charge is -2.13. The summed E-state index contributed by atoms with van der Waals surface area (Å²) < 4.78 is 26.4. The minimum atomic E-state index is -0.991. The Morgan fingerprint density at radius 3 is 2.54 bits per heavy atom. The normalized spacial score (nSPS) is 11.4. The average molecular weight is 331 g/mol. The van der Waals surface area contributed by atoms with Crippen molar-refractivity contribution in [1.29, 1.82) is 5.26 Å². The van der Waals surface area contributed by atoms with Gasteiger partial charge in [-0.1, -0.05) is 12.1 Å². The molecule has 0 fully saturated rings. The number of aliphatic hydroxyl groups is 1. The Morgan fingerprint density at radius 2 is 1.88 bits per heavy atom. The van der Waals surface area contributed by atoms with Gasteiger partial charge in [-0.25, -0.2) is 13.6 Å². The van der Waals surface area contributed by atoms with Crippen LogP contribution in [-0.4, -0.2) is 17.7 Å². The first-order valence-corrected chi connectivity index (χ1v) is 7.13.